The number of aromatic hydroxyl groups is 2. The largest absolute Gasteiger partial charge is 0.508 e. The highest BCUT2D eigenvalue weighted by Gasteiger charge is 2.16. The minimum atomic E-state index is -0.360. The van der Waals surface area contributed by atoms with Crippen LogP contribution in [-0.2, 0) is 4.74 Å². The number of benzene rings is 1. The van der Waals surface area contributed by atoms with Crippen LogP contribution in [-0.4, -0.2) is 35.4 Å². The normalized spacial score (nSPS) is 19.4. The Morgan fingerprint density at radius 2 is 2.22 bits per heavy atom. The third-order valence-corrected chi connectivity index (χ3v) is 2.99. The summed E-state index contributed by atoms with van der Waals surface area (Å²) >= 11 is 0. The molecule has 1 fully saturated rings. The van der Waals surface area contributed by atoms with Crippen molar-refractivity contribution in [1.29, 1.82) is 0 Å². The average Bonchev–Trinajstić information content (AvgIpc) is 2.37. The van der Waals surface area contributed by atoms with Gasteiger partial charge in [-0.1, -0.05) is 0 Å². The Labute approximate surface area is 105 Å². The fourth-order valence-electron chi connectivity index (χ4n) is 1.98. The van der Waals surface area contributed by atoms with Crippen molar-refractivity contribution in [2.24, 2.45) is 0 Å². The third-order valence-electron chi connectivity index (χ3n) is 2.99. The Hall–Kier alpha value is -1.75. The quantitative estimate of drug-likeness (QED) is 0.758. The molecule has 1 unspecified atom stereocenters. The van der Waals surface area contributed by atoms with Crippen molar-refractivity contribution >= 4 is 5.91 Å². The van der Waals surface area contributed by atoms with E-state index in [0.29, 0.717) is 6.54 Å². The van der Waals surface area contributed by atoms with Gasteiger partial charge in [0.2, 0.25) is 0 Å². The fraction of sp³-hybridized carbons (Fsp3) is 0.462. The molecule has 0 saturated carbocycles. The summed E-state index contributed by atoms with van der Waals surface area (Å²) in [6.45, 7) is 1.18. The maximum atomic E-state index is 11.8. The first-order valence-corrected chi connectivity index (χ1v) is 6.08. The molecule has 5 nitrogen and oxygen atoms in total. The fourth-order valence-corrected chi connectivity index (χ4v) is 1.98. The zero-order chi connectivity index (χ0) is 13.0. The molecule has 0 radical (unpaired) electrons. The number of carbonyl (C=O) groups is 1. The van der Waals surface area contributed by atoms with E-state index in [4.69, 9.17) is 9.84 Å². The van der Waals surface area contributed by atoms with Gasteiger partial charge >= 0.3 is 0 Å². The number of carbonyl (C=O) groups excluding carboxylic acids is 1. The molecule has 2 rings (SSSR count). The Balaban J connectivity index is 1.90. The van der Waals surface area contributed by atoms with Gasteiger partial charge in [0.25, 0.3) is 5.91 Å². The summed E-state index contributed by atoms with van der Waals surface area (Å²) in [6, 6.07) is 3.90. The summed E-state index contributed by atoms with van der Waals surface area (Å²) in [5.74, 6) is -0.654. The molecular weight excluding hydrogens is 234 g/mol. The molecule has 0 bridgehead atoms. The van der Waals surface area contributed by atoms with E-state index in [2.05, 4.69) is 5.32 Å². The predicted octanol–water partition coefficient (Wildman–Crippen LogP) is 1.40. The smallest absolute Gasteiger partial charge is 0.255 e. The maximum Gasteiger partial charge on any atom is 0.255 e. The second-order valence-electron chi connectivity index (χ2n) is 4.40. The number of nitrogens with one attached hydrogen (secondary N) is 1. The first-order chi connectivity index (χ1) is 8.66. The lowest BCUT2D eigenvalue weighted by Crippen LogP contribution is -2.35. The summed E-state index contributed by atoms with van der Waals surface area (Å²) in [5, 5.41) is 21.4. The highest BCUT2D eigenvalue weighted by molar-refractivity contribution is 5.96. The molecule has 1 aromatic rings. The van der Waals surface area contributed by atoms with Crippen LogP contribution in [0, 0.1) is 0 Å². The molecule has 1 aromatic carbocycles. The van der Waals surface area contributed by atoms with Crippen molar-refractivity contribution in [2.75, 3.05) is 13.2 Å². The number of amides is 1. The Morgan fingerprint density at radius 3 is 2.89 bits per heavy atom. The number of rotatable bonds is 3. The Morgan fingerprint density at radius 1 is 1.39 bits per heavy atom. The van der Waals surface area contributed by atoms with Crippen LogP contribution in [0.3, 0.4) is 0 Å². The van der Waals surface area contributed by atoms with Crippen LogP contribution < -0.4 is 5.32 Å². The number of hydrogen-bond donors (Lipinski definition) is 3. The van der Waals surface area contributed by atoms with Gasteiger partial charge < -0.3 is 20.3 Å². The van der Waals surface area contributed by atoms with E-state index in [1.165, 1.54) is 12.1 Å². The van der Waals surface area contributed by atoms with Crippen molar-refractivity contribution < 1.29 is 19.7 Å². The molecule has 3 N–H and O–H groups in total. The zero-order valence-corrected chi connectivity index (χ0v) is 10.1. The standard InChI is InChI=1S/C13H17NO4/c15-9-4-5-11(12(16)7-9)13(17)14-8-10-3-1-2-6-18-10/h4-5,7,10,15-16H,1-3,6,8H2,(H,14,17). The lowest BCUT2D eigenvalue weighted by atomic mass is 10.1. The molecule has 0 aromatic heterocycles. The van der Waals surface area contributed by atoms with Crippen LogP contribution in [0.4, 0.5) is 0 Å². The summed E-state index contributed by atoms with van der Waals surface area (Å²) in [5.41, 5.74) is 0.156. The maximum absolute atomic E-state index is 11.8. The molecule has 0 spiro atoms. The van der Waals surface area contributed by atoms with Gasteiger partial charge in [0.05, 0.1) is 11.7 Å². The van der Waals surface area contributed by atoms with Crippen molar-refractivity contribution in [3.8, 4) is 11.5 Å². The van der Waals surface area contributed by atoms with Gasteiger partial charge in [-0.15, -0.1) is 0 Å². The molecule has 0 aliphatic carbocycles. The van der Waals surface area contributed by atoms with Gasteiger partial charge in [-0.25, -0.2) is 0 Å². The molecule has 18 heavy (non-hydrogen) atoms. The zero-order valence-electron chi connectivity index (χ0n) is 10.1. The predicted molar refractivity (Wildman–Crippen MR) is 65.7 cm³/mol. The minimum absolute atomic E-state index is 0.0574. The van der Waals surface area contributed by atoms with Crippen LogP contribution in [0.2, 0.25) is 0 Å². The van der Waals surface area contributed by atoms with E-state index in [1.54, 1.807) is 0 Å². The van der Waals surface area contributed by atoms with Gasteiger partial charge in [0.15, 0.2) is 0 Å². The summed E-state index contributed by atoms with van der Waals surface area (Å²) in [6.07, 6.45) is 3.19. The van der Waals surface area contributed by atoms with Crippen LogP contribution >= 0.6 is 0 Å². The number of phenolic OH excluding ortho intramolecular Hbond substituents is 2. The molecule has 1 aliphatic rings. The van der Waals surface area contributed by atoms with Gasteiger partial charge in [0, 0.05) is 19.2 Å². The molecule has 5 heteroatoms. The van der Waals surface area contributed by atoms with Gasteiger partial charge in [-0.3, -0.25) is 4.79 Å². The number of ether oxygens (including phenoxy) is 1. The van der Waals surface area contributed by atoms with Crippen LogP contribution in [0.5, 0.6) is 11.5 Å². The van der Waals surface area contributed by atoms with Crippen molar-refractivity contribution in [1.82, 2.24) is 5.32 Å². The van der Waals surface area contributed by atoms with Gasteiger partial charge in [-0.05, 0) is 31.4 Å². The number of phenols is 2. The molecule has 1 amide bonds. The summed E-state index contributed by atoms with van der Waals surface area (Å²) in [7, 11) is 0. The van der Waals surface area contributed by atoms with Crippen molar-refractivity contribution in [3.63, 3.8) is 0 Å². The van der Waals surface area contributed by atoms with Crippen molar-refractivity contribution in [3.05, 3.63) is 23.8 Å². The van der Waals surface area contributed by atoms with E-state index in [1.807, 2.05) is 0 Å². The first kappa shape index (κ1) is 12.7. The van der Waals surface area contributed by atoms with Crippen LogP contribution in [0.25, 0.3) is 0 Å². The summed E-state index contributed by atoms with van der Waals surface area (Å²) in [4.78, 5) is 11.8. The van der Waals surface area contributed by atoms with E-state index >= 15 is 0 Å². The molecule has 1 aliphatic heterocycles. The van der Waals surface area contributed by atoms with E-state index < -0.39 is 0 Å². The highest BCUT2D eigenvalue weighted by atomic mass is 16.5. The number of hydrogen-bond acceptors (Lipinski definition) is 4. The van der Waals surface area contributed by atoms with Crippen LogP contribution in [0.1, 0.15) is 29.6 Å². The molecule has 98 valence electrons. The van der Waals surface area contributed by atoms with Gasteiger partial charge in [0.1, 0.15) is 11.5 Å². The second kappa shape index (κ2) is 5.73. The minimum Gasteiger partial charge on any atom is -0.508 e. The highest BCUT2D eigenvalue weighted by Crippen LogP contribution is 2.22. The molecule has 1 heterocycles. The Bertz CT molecular complexity index is 427. The second-order valence-corrected chi connectivity index (χ2v) is 4.40. The van der Waals surface area contributed by atoms with E-state index in [9.17, 15) is 9.90 Å². The lowest BCUT2D eigenvalue weighted by molar-refractivity contribution is 0.0169. The van der Waals surface area contributed by atoms with Crippen LogP contribution in [0.15, 0.2) is 18.2 Å². The van der Waals surface area contributed by atoms with E-state index in [-0.39, 0.29) is 29.1 Å². The summed E-state index contributed by atoms with van der Waals surface area (Å²) < 4.78 is 5.50. The molecular formula is C13H17NO4. The Kier molecular flexibility index (Phi) is 4.04. The van der Waals surface area contributed by atoms with Crippen molar-refractivity contribution in [2.45, 2.75) is 25.4 Å². The lowest BCUT2D eigenvalue weighted by Gasteiger charge is -2.22. The molecule has 1 atom stereocenters. The molecule has 1 saturated heterocycles. The van der Waals surface area contributed by atoms with E-state index in [0.717, 1.165) is 31.9 Å². The third kappa shape index (κ3) is 3.13. The SMILES string of the molecule is O=C(NCC1CCCCO1)c1ccc(O)cc1O. The average molecular weight is 251 g/mol. The topological polar surface area (TPSA) is 78.8 Å². The first-order valence-electron chi connectivity index (χ1n) is 6.08. The van der Waals surface area contributed by atoms with Gasteiger partial charge in [-0.2, -0.15) is 0 Å². The monoisotopic (exact) mass is 251 g/mol.